The van der Waals surface area contributed by atoms with Gasteiger partial charge in [0.15, 0.2) is 11.4 Å². The number of para-hydroxylation sites is 1. The molecular formula is C37H34F3N5O4. The molecule has 252 valence electrons. The van der Waals surface area contributed by atoms with E-state index in [-0.39, 0.29) is 36.2 Å². The number of nitrogens with one attached hydrogen (secondary N) is 1. The molecule has 1 N–H and O–H groups in total. The highest BCUT2D eigenvalue weighted by Crippen LogP contribution is 2.49. The average molecular weight is 670 g/mol. The molecule has 0 saturated carbocycles. The fourth-order valence-corrected chi connectivity index (χ4v) is 7.34. The Hall–Kier alpha value is -5.39. The first kappa shape index (κ1) is 32.2. The maximum atomic E-state index is 14.5. The molecule has 1 saturated heterocycles. The number of carbonyl (C=O) groups excluding carboxylic acids is 2. The predicted octanol–water partition coefficient (Wildman–Crippen LogP) is 5.98. The fraction of sp³-hybridized carbons (Fsp3) is 0.297. The third-order valence-corrected chi connectivity index (χ3v) is 9.77. The summed E-state index contributed by atoms with van der Waals surface area (Å²) >= 11 is 0. The number of anilines is 1. The summed E-state index contributed by atoms with van der Waals surface area (Å²) < 4.78 is 50.3. The third kappa shape index (κ3) is 5.64. The number of hydrogen-bond acceptors (Lipinski definition) is 6. The summed E-state index contributed by atoms with van der Waals surface area (Å²) in [5, 5.41) is 9.38. The van der Waals surface area contributed by atoms with Crippen LogP contribution in [0.5, 0.6) is 5.75 Å². The summed E-state index contributed by atoms with van der Waals surface area (Å²) in [4.78, 5) is 44.0. The number of carbonyl (C=O) groups is 2. The Labute approximate surface area is 280 Å². The van der Waals surface area contributed by atoms with Crippen molar-refractivity contribution in [1.29, 1.82) is 0 Å². The van der Waals surface area contributed by atoms with E-state index >= 15 is 0 Å². The van der Waals surface area contributed by atoms with Gasteiger partial charge in [0, 0.05) is 55.2 Å². The van der Waals surface area contributed by atoms with E-state index in [2.05, 4.69) is 5.32 Å². The van der Waals surface area contributed by atoms with Crippen LogP contribution in [0.2, 0.25) is 0 Å². The summed E-state index contributed by atoms with van der Waals surface area (Å²) in [6.45, 7) is 3.52. The van der Waals surface area contributed by atoms with Crippen LogP contribution in [0, 0.1) is 17.5 Å². The number of nitrogens with zero attached hydrogens (tertiary/aromatic N) is 4. The molecule has 9 nitrogen and oxygen atoms in total. The van der Waals surface area contributed by atoms with Crippen molar-refractivity contribution in [2.24, 2.45) is 5.10 Å². The largest absolute Gasteiger partial charge is 0.483 e. The monoisotopic (exact) mass is 669 g/mol. The quantitative estimate of drug-likeness (QED) is 0.261. The number of amides is 2. The molecule has 3 aliphatic rings. The SMILES string of the molecule is CC1=NN(c2ccccc2)C2(CC[C@H](C)N3C[C@H]2n2cc(C(=O)NCc4c(F)cc(F)cc4F)c(=O)c(OCc4ccccc4)c2C3=O)C1. The Morgan fingerprint density at radius 1 is 1.02 bits per heavy atom. The van der Waals surface area contributed by atoms with Gasteiger partial charge in [0.25, 0.3) is 11.8 Å². The van der Waals surface area contributed by atoms with E-state index in [0.29, 0.717) is 31.4 Å². The van der Waals surface area contributed by atoms with E-state index in [4.69, 9.17) is 9.84 Å². The third-order valence-electron chi connectivity index (χ3n) is 9.77. The van der Waals surface area contributed by atoms with Gasteiger partial charge in [0.2, 0.25) is 5.43 Å². The van der Waals surface area contributed by atoms with Crippen molar-refractivity contribution in [1.82, 2.24) is 14.8 Å². The smallest absolute Gasteiger partial charge is 0.274 e. The Kier molecular flexibility index (Phi) is 8.25. The number of rotatable bonds is 7. The molecule has 3 atom stereocenters. The maximum Gasteiger partial charge on any atom is 0.274 e. The Morgan fingerprint density at radius 2 is 1.69 bits per heavy atom. The number of halogens is 3. The molecule has 4 heterocycles. The highest BCUT2D eigenvalue weighted by atomic mass is 19.1. The van der Waals surface area contributed by atoms with Crippen molar-refractivity contribution < 1.29 is 27.5 Å². The molecule has 3 aliphatic heterocycles. The van der Waals surface area contributed by atoms with Gasteiger partial charge in [-0.05, 0) is 44.4 Å². The zero-order valence-corrected chi connectivity index (χ0v) is 27.0. The summed E-state index contributed by atoms with van der Waals surface area (Å²) in [5.41, 5.74) is 0.0672. The predicted molar refractivity (Wildman–Crippen MR) is 177 cm³/mol. The normalized spacial score (nSPS) is 21.3. The van der Waals surface area contributed by atoms with Crippen LogP contribution >= 0.6 is 0 Å². The minimum absolute atomic E-state index is 0.0232. The summed E-state index contributed by atoms with van der Waals surface area (Å²) in [6, 6.07) is 19.2. The number of hydrazone groups is 1. The molecule has 49 heavy (non-hydrogen) atoms. The second-order valence-electron chi connectivity index (χ2n) is 12.9. The number of pyridine rings is 1. The average Bonchev–Trinajstić information content (AvgIpc) is 3.37. The maximum absolute atomic E-state index is 14.5. The van der Waals surface area contributed by atoms with Gasteiger partial charge < -0.3 is 19.5 Å². The first-order valence-electron chi connectivity index (χ1n) is 16.1. The molecule has 1 fully saturated rings. The minimum atomic E-state index is -1.18. The van der Waals surface area contributed by atoms with Gasteiger partial charge >= 0.3 is 0 Å². The van der Waals surface area contributed by atoms with E-state index in [1.807, 2.05) is 79.5 Å². The van der Waals surface area contributed by atoms with Gasteiger partial charge in [0.05, 0.1) is 17.3 Å². The van der Waals surface area contributed by atoms with E-state index < -0.39 is 58.4 Å². The highest BCUT2D eigenvalue weighted by molar-refractivity contribution is 6.00. The molecule has 3 aromatic carbocycles. The van der Waals surface area contributed by atoms with Gasteiger partial charge in [0.1, 0.15) is 29.6 Å². The second-order valence-corrected chi connectivity index (χ2v) is 12.9. The summed E-state index contributed by atoms with van der Waals surface area (Å²) in [7, 11) is 0. The molecule has 7 rings (SSSR count). The van der Waals surface area contributed by atoms with Crippen LogP contribution in [0.1, 0.15) is 71.1 Å². The van der Waals surface area contributed by atoms with Crippen LogP contribution in [0.15, 0.2) is 88.9 Å². The van der Waals surface area contributed by atoms with Gasteiger partial charge in [-0.3, -0.25) is 19.4 Å². The van der Waals surface area contributed by atoms with Crippen molar-refractivity contribution in [3.05, 3.63) is 129 Å². The van der Waals surface area contributed by atoms with E-state index in [0.717, 1.165) is 17.0 Å². The zero-order valence-electron chi connectivity index (χ0n) is 27.0. The van der Waals surface area contributed by atoms with Crippen LogP contribution < -0.4 is 20.5 Å². The second kappa shape index (κ2) is 12.6. The number of ether oxygens (including phenoxy) is 1. The van der Waals surface area contributed by atoms with Crippen LogP contribution in [0.25, 0.3) is 0 Å². The van der Waals surface area contributed by atoms with E-state index in [1.165, 1.54) is 6.20 Å². The molecule has 4 aromatic rings. The lowest BCUT2D eigenvalue weighted by atomic mass is 9.80. The van der Waals surface area contributed by atoms with Gasteiger partial charge in [-0.15, -0.1) is 0 Å². The number of aromatic nitrogens is 1. The first-order valence-corrected chi connectivity index (χ1v) is 16.1. The topological polar surface area (TPSA) is 96.2 Å². The van der Waals surface area contributed by atoms with Crippen molar-refractivity contribution in [3.63, 3.8) is 0 Å². The molecule has 0 radical (unpaired) electrons. The van der Waals surface area contributed by atoms with E-state index in [9.17, 15) is 27.6 Å². The first-order chi connectivity index (χ1) is 23.6. The molecule has 2 amide bonds. The Bertz CT molecular complexity index is 2010. The molecule has 1 aromatic heterocycles. The van der Waals surface area contributed by atoms with Gasteiger partial charge in [-0.25, -0.2) is 13.2 Å². The van der Waals surface area contributed by atoms with E-state index in [1.54, 1.807) is 9.47 Å². The zero-order chi connectivity index (χ0) is 34.4. The van der Waals surface area contributed by atoms with Crippen molar-refractivity contribution in [3.8, 4) is 5.75 Å². The molecule has 2 bridgehead atoms. The van der Waals surface area contributed by atoms with Crippen LogP contribution in [0.4, 0.5) is 18.9 Å². The number of benzene rings is 3. The van der Waals surface area contributed by atoms with Crippen LogP contribution in [-0.2, 0) is 13.2 Å². The lowest BCUT2D eigenvalue weighted by Crippen LogP contribution is -2.56. The lowest BCUT2D eigenvalue weighted by molar-refractivity contribution is 0.0575. The Morgan fingerprint density at radius 3 is 2.39 bits per heavy atom. The summed E-state index contributed by atoms with van der Waals surface area (Å²) in [6.07, 6.45) is 3.23. The van der Waals surface area contributed by atoms with Crippen molar-refractivity contribution >= 4 is 23.2 Å². The van der Waals surface area contributed by atoms with Crippen molar-refractivity contribution in [2.45, 2.75) is 63.9 Å². The van der Waals surface area contributed by atoms with Crippen LogP contribution in [-0.4, -0.2) is 45.1 Å². The fourth-order valence-electron chi connectivity index (χ4n) is 7.34. The highest BCUT2D eigenvalue weighted by Gasteiger charge is 2.55. The standard InChI is InChI=1S/C37H34F3N5O4/c1-22-17-37(45(42-22)26-11-7-4-8-12-26)14-13-23(2)43-20-31(37)44-19-28(35(47)41-18-27-29(39)15-25(38)16-30(27)40)33(46)34(32(44)36(43)48)49-21-24-9-5-3-6-10-24/h3-12,15-16,19,23,31H,13-14,17-18,20-21H2,1-2H3,(H,41,47)/t23-,31+,37?/m0/s1. The molecule has 1 spiro atoms. The lowest BCUT2D eigenvalue weighted by Gasteiger charge is -2.47. The van der Waals surface area contributed by atoms with Gasteiger partial charge in [-0.1, -0.05) is 48.5 Å². The molecule has 12 heteroatoms. The summed E-state index contributed by atoms with van der Waals surface area (Å²) in [5.74, 6) is -5.07. The van der Waals surface area contributed by atoms with Crippen molar-refractivity contribution in [2.75, 3.05) is 11.6 Å². The number of fused-ring (bicyclic) bond motifs is 5. The molecular weight excluding hydrogens is 635 g/mol. The molecule has 1 unspecified atom stereocenters. The minimum Gasteiger partial charge on any atom is -0.483 e. The van der Waals surface area contributed by atoms with Gasteiger partial charge in [-0.2, -0.15) is 5.10 Å². The Balaban J connectivity index is 1.38. The molecule has 0 aliphatic carbocycles. The number of hydrogen-bond donors (Lipinski definition) is 1. The van der Waals surface area contributed by atoms with Crippen LogP contribution in [0.3, 0.4) is 0 Å².